The highest BCUT2D eigenvalue weighted by Crippen LogP contribution is 2.30. The van der Waals surface area contributed by atoms with E-state index in [0.29, 0.717) is 10.1 Å². The lowest BCUT2D eigenvalue weighted by molar-refractivity contribution is -0.131. The van der Waals surface area contributed by atoms with Crippen LogP contribution in [0, 0.1) is 5.41 Å². The van der Waals surface area contributed by atoms with E-state index in [4.69, 9.17) is 11.6 Å². The van der Waals surface area contributed by atoms with Gasteiger partial charge >= 0.3 is 0 Å². The van der Waals surface area contributed by atoms with Crippen LogP contribution in [0.3, 0.4) is 0 Å². The summed E-state index contributed by atoms with van der Waals surface area (Å²) >= 11 is 7.34. The molecule has 5 nitrogen and oxygen atoms in total. The van der Waals surface area contributed by atoms with E-state index in [9.17, 15) is 14.4 Å². The van der Waals surface area contributed by atoms with Crippen LogP contribution < -0.4 is 5.32 Å². The summed E-state index contributed by atoms with van der Waals surface area (Å²) in [5.74, 6) is -0.317. The molecule has 25 heavy (non-hydrogen) atoms. The third-order valence-corrected chi connectivity index (χ3v) is 5.03. The first-order valence-corrected chi connectivity index (χ1v) is 9.24. The Bertz CT molecular complexity index is 725. The molecule has 2 amide bonds. The molecular weight excluding hydrogens is 360 g/mol. The number of nitrogens with one attached hydrogen (secondary N) is 1. The molecule has 0 bridgehead atoms. The molecular formula is C18H21ClN2O3S. The molecule has 1 aliphatic heterocycles. The van der Waals surface area contributed by atoms with E-state index >= 15 is 0 Å². The number of thioether (sulfide) groups is 1. The number of halogens is 1. The lowest BCUT2D eigenvalue weighted by Crippen LogP contribution is -2.37. The van der Waals surface area contributed by atoms with Crippen molar-refractivity contribution in [3.63, 3.8) is 0 Å². The van der Waals surface area contributed by atoms with Crippen molar-refractivity contribution in [2.24, 2.45) is 5.41 Å². The standard InChI is InChI=1S/C18H21ClN2O3S/c1-18(2,3)14(22)8-17-21(16(24)11-25-17)10-15(23)20-9-12-6-4-5-7-13(12)19/h4-8H,9-11H2,1-3H3,(H,20,23)/b17-8-. The molecule has 1 N–H and O–H groups in total. The van der Waals surface area contributed by atoms with Crippen molar-refractivity contribution in [2.45, 2.75) is 27.3 Å². The van der Waals surface area contributed by atoms with Gasteiger partial charge in [-0.2, -0.15) is 0 Å². The summed E-state index contributed by atoms with van der Waals surface area (Å²) in [5.41, 5.74) is 0.273. The molecule has 1 aromatic rings. The van der Waals surface area contributed by atoms with E-state index in [0.717, 1.165) is 5.56 Å². The fourth-order valence-corrected chi connectivity index (χ4v) is 3.21. The maximum absolute atomic E-state index is 12.2. The number of ketones is 1. The molecule has 1 aromatic carbocycles. The SMILES string of the molecule is CC(C)(C)C(=O)/C=C1\SCC(=O)N1CC(=O)NCc1ccccc1Cl. The monoisotopic (exact) mass is 380 g/mol. The number of amides is 2. The Morgan fingerprint density at radius 1 is 1.32 bits per heavy atom. The van der Waals surface area contributed by atoms with Crippen LogP contribution in [0.25, 0.3) is 0 Å². The molecule has 134 valence electrons. The van der Waals surface area contributed by atoms with Crippen molar-refractivity contribution in [2.75, 3.05) is 12.3 Å². The Morgan fingerprint density at radius 3 is 2.64 bits per heavy atom. The van der Waals surface area contributed by atoms with Crippen LogP contribution in [0.15, 0.2) is 35.4 Å². The number of rotatable bonds is 5. The Morgan fingerprint density at radius 2 is 2.00 bits per heavy atom. The molecule has 0 spiro atoms. The number of nitrogens with zero attached hydrogens (tertiary/aromatic N) is 1. The average molecular weight is 381 g/mol. The lowest BCUT2D eigenvalue weighted by atomic mass is 9.91. The molecule has 0 unspecified atom stereocenters. The van der Waals surface area contributed by atoms with Gasteiger partial charge in [0.2, 0.25) is 11.8 Å². The largest absolute Gasteiger partial charge is 0.350 e. The second kappa shape index (κ2) is 8.06. The second-order valence-electron chi connectivity index (χ2n) is 6.73. The fraction of sp³-hybridized carbons (Fsp3) is 0.389. The summed E-state index contributed by atoms with van der Waals surface area (Å²) in [7, 11) is 0. The molecule has 7 heteroatoms. The first kappa shape index (κ1) is 19.5. The summed E-state index contributed by atoms with van der Waals surface area (Å²) < 4.78 is 0. The maximum Gasteiger partial charge on any atom is 0.240 e. The third kappa shape index (κ3) is 5.34. The van der Waals surface area contributed by atoms with E-state index in [1.54, 1.807) is 6.07 Å². The van der Waals surface area contributed by atoms with Gasteiger partial charge in [0.05, 0.1) is 10.8 Å². The second-order valence-corrected chi connectivity index (χ2v) is 8.14. The predicted molar refractivity (Wildman–Crippen MR) is 100 cm³/mol. The average Bonchev–Trinajstić information content (AvgIpc) is 2.86. The number of allylic oxidation sites excluding steroid dienone is 1. The van der Waals surface area contributed by atoms with Crippen LogP contribution in [-0.2, 0) is 20.9 Å². The van der Waals surface area contributed by atoms with Crippen LogP contribution in [0.1, 0.15) is 26.3 Å². The first-order valence-electron chi connectivity index (χ1n) is 7.88. The number of carbonyl (C=O) groups is 3. The van der Waals surface area contributed by atoms with Crippen LogP contribution in [0.5, 0.6) is 0 Å². The van der Waals surface area contributed by atoms with E-state index in [-0.39, 0.29) is 36.4 Å². The van der Waals surface area contributed by atoms with Crippen molar-refractivity contribution >= 4 is 41.0 Å². The minimum atomic E-state index is -0.531. The Kier molecular flexibility index (Phi) is 6.30. The zero-order chi connectivity index (χ0) is 18.6. The van der Waals surface area contributed by atoms with E-state index < -0.39 is 5.41 Å². The Hall–Kier alpha value is -1.79. The van der Waals surface area contributed by atoms with Gasteiger partial charge in [-0.15, -0.1) is 0 Å². The summed E-state index contributed by atoms with van der Waals surface area (Å²) in [5, 5.41) is 3.85. The van der Waals surface area contributed by atoms with Gasteiger partial charge in [0.25, 0.3) is 0 Å². The van der Waals surface area contributed by atoms with Crippen LogP contribution >= 0.6 is 23.4 Å². The summed E-state index contributed by atoms with van der Waals surface area (Å²) in [4.78, 5) is 37.7. The fourth-order valence-electron chi connectivity index (χ4n) is 2.06. The molecule has 1 aliphatic rings. The van der Waals surface area contributed by atoms with Crippen molar-refractivity contribution in [3.8, 4) is 0 Å². The summed E-state index contributed by atoms with van der Waals surface area (Å²) in [6.07, 6.45) is 1.46. The van der Waals surface area contributed by atoms with Gasteiger partial charge in [-0.1, -0.05) is 62.3 Å². The molecule has 0 aromatic heterocycles. The molecule has 1 saturated heterocycles. The van der Waals surface area contributed by atoms with Crippen LogP contribution in [0.4, 0.5) is 0 Å². The number of benzene rings is 1. The van der Waals surface area contributed by atoms with Gasteiger partial charge in [0, 0.05) is 23.1 Å². The molecule has 0 atom stereocenters. The third-order valence-electron chi connectivity index (χ3n) is 3.64. The highest BCUT2D eigenvalue weighted by molar-refractivity contribution is 8.04. The Labute approximate surface area is 156 Å². The van der Waals surface area contributed by atoms with Crippen molar-refractivity contribution < 1.29 is 14.4 Å². The first-order chi connectivity index (χ1) is 11.7. The van der Waals surface area contributed by atoms with Gasteiger partial charge in [-0.3, -0.25) is 19.3 Å². The van der Waals surface area contributed by atoms with Crippen molar-refractivity contribution in [1.29, 1.82) is 0 Å². The molecule has 1 heterocycles. The zero-order valence-electron chi connectivity index (χ0n) is 14.5. The minimum Gasteiger partial charge on any atom is -0.350 e. The van der Waals surface area contributed by atoms with Crippen LogP contribution in [0.2, 0.25) is 5.02 Å². The molecule has 0 radical (unpaired) electrons. The van der Waals surface area contributed by atoms with E-state index in [1.807, 2.05) is 39.0 Å². The number of hydrogen-bond donors (Lipinski definition) is 1. The van der Waals surface area contributed by atoms with E-state index in [1.165, 1.54) is 22.7 Å². The molecule has 0 aliphatic carbocycles. The topological polar surface area (TPSA) is 66.5 Å². The van der Waals surface area contributed by atoms with Gasteiger partial charge < -0.3 is 5.32 Å². The van der Waals surface area contributed by atoms with Gasteiger partial charge in [-0.25, -0.2) is 0 Å². The quantitative estimate of drug-likeness (QED) is 0.797. The lowest BCUT2D eigenvalue weighted by Gasteiger charge is -2.19. The smallest absolute Gasteiger partial charge is 0.240 e. The highest BCUT2D eigenvalue weighted by Gasteiger charge is 2.30. The van der Waals surface area contributed by atoms with Gasteiger partial charge in [0.15, 0.2) is 5.78 Å². The summed E-state index contributed by atoms with van der Waals surface area (Å²) in [6, 6.07) is 7.24. The number of hydrogen-bond acceptors (Lipinski definition) is 4. The number of carbonyl (C=O) groups excluding carboxylic acids is 3. The molecule has 1 fully saturated rings. The molecule has 0 saturated carbocycles. The van der Waals surface area contributed by atoms with Crippen molar-refractivity contribution in [3.05, 3.63) is 46.0 Å². The zero-order valence-corrected chi connectivity index (χ0v) is 16.0. The maximum atomic E-state index is 12.2. The molecule has 2 rings (SSSR count). The van der Waals surface area contributed by atoms with Crippen molar-refractivity contribution in [1.82, 2.24) is 10.2 Å². The van der Waals surface area contributed by atoms with Gasteiger partial charge in [0.1, 0.15) is 6.54 Å². The van der Waals surface area contributed by atoms with E-state index in [2.05, 4.69) is 5.32 Å². The van der Waals surface area contributed by atoms with Gasteiger partial charge in [-0.05, 0) is 11.6 Å². The normalized spacial score (nSPS) is 16.4. The van der Waals surface area contributed by atoms with Crippen LogP contribution in [-0.4, -0.2) is 34.8 Å². The Balaban J connectivity index is 2.00. The predicted octanol–water partition coefficient (Wildman–Crippen LogP) is 2.99. The highest BCUT2D eigenvalue weighted by atomic mass is 35.5. The minimum absolute atomic E-state index is 0.0776. The summed E-state index contributed by atoms with van der Waals surface area (Å²) in [6.45, 7) is 5.62.